The van der Waals surface area contributed by atoms with Crippen LogP contribution < -0.4 is 5.32 Å². The second kappa shape index (κ2) is 7.45. The number of rotatable bonds is 8. The predicted octanol–water partition coefficient (Wildman–Crippen LogP) is 2.18. The van der Waals surface area contributed by atoms with Crippen molar-refractivity contribution in [2.75, 3.05) is 20.1 Å². The monoisotopic (exact) mass is 238 g/mol. The summed E-state index contributed by atoms with van der Waals surface area (Å²) >= 11 is 0. The molecule has 17 heavy (non-hydrogen) atoms. The molecule has 1 aromatic heterocycles. The molecule has 0 radical (unpaired) electrons. The van der Waals surface area contributed by atoms with Crippen molar-refractivity contribution in [3.8, 4) is 0 Å². The number of hydrogen-bond donors (Lipinski definition) is 2. The van der Waals surface area contributed by atoms with Gasteiger partial charge in [-0.3, -0.25) is 5.10 Å². The van der Waals surface area contributed by atoms with E-state index in [4.69, 9.17) is 0 Å². The summed E-state index contributed by atoms with van der Waals surface area (Å²) in [4.78, 5) is 2.39. The molecule has 0 bridgehead atoms. The topological polar surface area (TPSA) is 44.0 Å². The molecule has 98 valence electrons. The lowest BCUT2D eigenvalue weighted by Crippen LogP contribution is -2.28. The maximum atomic E-state index is 3.96. The van der Waals surface area contributed by atoms with Gasteiger partial charge in [0.15, 0.2) is 0 Å². The Kier molecular flexibility index (Phi) is 6.22. The summed E-state index contributed by atoms with van der Waals surface area (Å²) in [6.45, 7) is 8.87. The van der Waals surface area contributed by atoms with Crippen molar-refractivity contribution in [2.45, 2.75) is 45.7 Å². The molecular formula is C13H26N4. The zero-order chi connectivity index (χ0) is 12.7. The van der Waals surface area contributed by atoms with Crippen molar-refractivity contribution < 1.29 is 0 Å². The second-order valence-corrected chi connectivity index (χ2v) is 4.97. The highest BCUT2D eigenvalue weighted by Crippen LogP contribution is 2.07. The summed E-state index contributed by atoms with van der Waals surface area (Å²) in [6.07, 6.45) is 4.26. The molecule has 2 N–H and O–H groups in total. The first-order valence-corrected chi connectivity index (χ1v) is 6.54. The highest BCUT2D eigenvalue weighted by Gasteiger charge is 2.05. The largest absolute Gasteiger partial charge is 0.309 e. The quantitative estimate of drug-likeness (QED) is 0.682. The molecule has 0 aromatic carbocycles. The highest BCUT2D eigenvalue weighted by molar-refractivity contribution is 5.02. The molecule has 0 aliphatic carbocycles. The Bertz CT molecular complexity index is 282. The van der Waals surface area contributed by atoms with Crippen LogP contribution in [0.4, 0.5) is 0 Å². The lowest BCUT2D eigenvalue weighted by atomic mass is 10.2. The summed E-state index contributed by atoms with van der Waals surface area (Å²) in [6, 6.07) is 3.02. The van der Waals surface area contributed by atoms with E-state index in [0.29, 0.717) is 12.1 Å². The summed E-state index contributed by atoms with van der Waals surface area (Å²) < 4.78 is 0. The minimum atomic E-state index is 0.361. The van der Waals surface area contributed by atoms with Crippen LogP contribution in [0.2, 0.25) is 0 Å². The maximum Gasteiger partial charge on any atom is 0.0518 e. The minimum absolute atomic E-state index is 0.361. The SMILES string of the molecule is CC(NCCCCN(C)C(C)C)c1ccn[nH]1. The zero-order valence-electron chi connectivity index (χ0n) is 11.5. The summed E-state index contributed by atoms with van der Waals surface area (Å²) in [5, 5.41) is 10.4. The van der Waals surface area contributed by atoms with Crippen molar-refractivity contribution >= 4 is 0 Å². The third-order valence-electron chi connectivity index (χ3n) is 3.26. The average Bonchev–Trinajstić information content (AvgIpc) is 2.81. The Hall–Kier alpha value is -0.870. The Morgan fingerprint density at radius 1 is 1.35 bits per heavy atom. The number of nitrogens with zero attached hydrogens (tertiary/aromatic N) is 2. The lowest BCUT2D eigenvalue weighted by molar-refractivity contribution is 0.267. The van der Waals surface area contributed by atoms with Crippen LogP contribution in [-0.4, -0.2) is 41.3 Å². The predicted molar refractivity (Wildman–Crippen MR) is 72.0 cm³/mol. The molecule has 0 saturated heterocycles. The van der Waals surface area contributed by atoms with Gasteiger partial charge in [-0.2, -0.15) is 5.10 Å². The van der Waals surface area contributed by atoms with Crippen molar-refractivity contribution in [1.82, 2.24) is 20.4 Å². The normalized spacial score (nSPS) is 13.5. The first-order valence-electron chi connectivity index (χ1n) is 6.54. The van der Waals surface area contributed by atoms with Gasteiger partial charge in [-0.15, -0.1) is 0 Å². The van der Waals surface area contributed by atoms with E-state index in [1.807, 2.05) is 6.07 Å². The van der Waals surface area contributed by atoms with E-state index in [9.17, 15) is 0 Å². The minimum Gasteiger partial charge on any atom is -0.309 e. The van der Waals surface area contributed by atoms with Gasteiger partial charge >= 0.3 is 0 Å². The molecule has 0 fully saturated rings. The Morgan fingerprint density at radius 2 is 2.12 bits per heavy atom. The van der Waals surface area contributed by atoms with Gasteiger partial charge in [0, 0.05) is 18.3 Å². The van der Waals surface area contributed by atoms with E-state index in [2.05, 4.69) is 48.2 Å². The number of H-pyrrole nitrogens is 1. The van der Waals surface area contributed by atoms with Crippen molar-refractivity contribution in [1.29, 1.82) is 0 Å². The van der Waals surface area contributed by atoms with Crippen LogP contribution in [0, 0.1) is 0 Å². The first kappa shape index (κ1) is 14.2. The first-order chi connectivity index (χ1) is 8.11. The van der Waals surface area contributed by atoms with E-state index < -0.39 is 0 Å². The molecule has 0 amide bonds. The molecule has 1 unspecified atom stereocenters. The van der Waals surface area contributed by atoms with Gasteiger partial charge in [0.1, 0.15) is 0 Å². The zero-order valence-corrected chi connectivity index (χ0v) is 11.5. The van der Waals surface area contributed by atoms with Crippen LogP contribution >= 0.6 is 0 Å². The third kappa shape index (κ3) is 5.33. The van der Waals surface area contributed by atoms with E-state index in [-0.39, 0.29) is 0 Å². The van der Waals surface area contributed by atoms with Crippen molar-refractivity contribution in [3.63, 3.8) is 0 Å². The lowest BCUT2D eigenvalue weighted by Gasteiger charge is -2.20. The van der Waals surface area contributed by atoms with Crippen LogP contribution in [0.15, 0.2) is 12.3 Å². The molecule has 1 atom stereocenters. The molecule has 4 heteroatoms. The molecule has 1 rings (SSSR count). The van der Waals surface area contributed by atoms with Gasteiger partial charge in [0.05, 0.1) is 5.69 Å². The smallest absolute Gasteiger partial charge is 0.0518 e. The molecular weight excluding hydrogens is 212 g/mol. The van der Waals surface area contributed by atoms with Crippen LogP contribution in [-0.2, 0) is 0 Å². The Labute approximate surface area is 105 Å². The van der Waals surface area contributed by atoms with Crippen LogP contribution in [0.1, 0.15) is 45.3 Å². The van der Waals surface area contributed by atoms with Gasteiger partial charge in [0.2, 0.25) is 0 Å². The van der Waals surface area contributed by atoms with E-state index >= 15 is 0 Å². The van der Waals surface area contributed by atoms with Gasteiger partial charge in [-0.05, 0) is 59.8 Å². The summed E-state index contributed by atoms with van der Waals surface area (Å²) in [5.74, 6) is 0. The van der Waals surface area contributed by atoms with E-state index in [1.54, 1.807) is 6.20 Å². The standard InChI is InChI=1S/C13H26N4/c1-11(2)17(4)10-6-5-8-14-12(3)13-7-9-15-16-13/h7,9,11-12,14H,5-6,8,10H2,1-4H3,(H,15,16). The molecule has 0 spiro atoms. The van der Waals surface area contributed by atoms with Crippen molar-refractivity contribution in [3.05, 3.63) is 18.0 Å². The third-order valence-corrected chi connectivity index (χ3v) is 3.26. The molecule has 4 nitrogen and oxygen atoms in total. The Balaban J connectivity index is 2.05. The second-order valence-electron chi connectivity index (χ2n) is 4.97. The van der Waals surface area contributed by atoms with E-state index in [0.717, 1.165) is 12.2 Å². The van der Waals surface area contributed by atoms with Crippen LogP contribution in [0.3, 0.4) is 0 Å². The summed E-state index contributed by atoms with van der Waals surface area (Å²) in [7, 11) is 2.19. The fourth-order valence-electron chi connectivity index (χ4n) is 1.68. The number of hydrogen-bond acceptors (Lipinski definition) is 3. The molecule has 1 aromatic rings. The molecule has 1 heterocycles. The number of aromatic nitrogens is 2. The Morgan fingerprint density at radius 3 is 2.71 bits per heavy atom. The number of unbranched alkanes of at least 4 members (excludes halogenated alkanes) is 1. The number of nitrogens with one attached hydrogen (secondary N) is 2. The van der Waals surface area contributed by atoms with Crippen LogP contribution in [0.25, 0.3) is 0 Å². The van der Waals surface area contributed by atoms with Crippen molar-refractivity contribution in [2.24, 2.45) is 0 Å². The fourth-order valence-corrected chi connectivity index (χ4v) is 1.68. The summed E-state index contributed by atoms with van der Waals surface area (Å²) in [5.41, 5.74) is 1.16. The number of aromatic amines is 1. The average molecular weight is 238 g/mol. The van der Waals surface area contributed by atoms with Gasteiger partial charge in [0.25, 0.3) is 0 Å². The van der Waals surface area contributed by atoms with Gasteiger partial charge in [-0.25, -0.2) is 0 Å². The molecule has 0 aliphatic heterocycles. The fraction of sp³-hybridized carbons (Fsp3) is 0.769. The van der Waals surface area contributed by atoms with Gasteiger partial charge in [-0.1, -0.05) is 0 Å². The molecule has 0 saturated carbocycles. The maximum absolute atomic E-state index is 3.96. The van der Waals surface area contributed by atoms with E-state index in [1.165, 1.54) is 19.4 Å². The highest BCUT2D eigenvalue weighted by atomic mass is 15.1. The van der Waals surface area contributed by atoms with Crippen LogP contribution in [0.5, 0.6) is 0 Å². The van der Waals surface area contributed by atoms with Gasteiger partial charge < -0.3 is 10.2 Å². The molecule has 0 aliphatic rings.